The maximum atomic E-state index is 2.56. The Morgan fingerprint density at radius 3 is 1.38 bits per heavy atom. The van der Waals surface area contributed by atoms with Crippen molar-refractivity contribution in [2.75, 3.05) is 0 Å². The molecule has 216 valence electrons. The van der Waals surface area contributed by atoms with Gasteiger partial charge in [0.1, 0.15) is 0 Å². The van der Waals surface area contributed by atoms with Gasteiger partial charge in [0.2, 0.25) is 0 Å². The quantitative estimate of drug-likeness (QED) is 0.176. The van der Waals surface area contributed by atoms with Crippen LogP contribution in [0.3, 0.4) is 0 Å². The van der Waals surface area contributed by atoms with Crippen LogP contribution < -0.4 is 0 Å². The van der Waals surface area contributed by atoms with E-state index in [1.807, 2.05) is 0 Å². The van der Waals surface area contributed by atoms with Gasteiger partial charge in [-0.2, -0.15) is 0 Å². The Kier molecular flexibility index (Phi) is 4.90. The van der Waals surface area contributed by atoms with Crippen molar-refractivity contribution in [3.8, 4) is 39.1 Å². The SMILES string of the molecule is c1ccc2cc(-c3c4ccccc4c(-n4c5cccc6c5c5c(cccc54)-c4cccc5cccc-6c45)c4ccccc34)ccc2c1. The van der Waals surface area contributed by atoms with E-state index in [0.29, 0.717) is 0 Å². The molecule has 0 radical (unpaired) electrons. The summed E-state index contributed by atoms with van der Waals surface area (Å²) in [6.07, 6.45) is 0. The standard InChI is InChI=1S/C46H27N/c1-2-12-30-27-31(26-25-28(30)11-1)43-36-15-3-5-17-38(36)46(39-18-6-4-16-37(39)43)47-40-23-9-21-34-32-19-7-13-29-14-8-20-33(42(29)32)35-22-10-24-41(47)45(35)44(34)40/h1-27H. The van der Waals surface area contributed by atoms with Crippen LogP contribution in [0.15, 0.2) is 164 Å². The van der Waals surface area contributed by atoms with Gasteiger partial charge in [-0.15, -0.1) is 0 Å². The molecule has 0 fully saturated rings. The number of benzene rings is 9. The van der Waals surface area contributed by atoms with Gasteiger partial charge in [-0.3, -0.25) is 0 Å². The molecule has 10 aromatic rings. The molecule has 9 aromatic carbocycles. The number of hydrogen-bond donors (Lipinski definition) is 0. The molecular weight excluding hydrogens is 567 g/mol. The van der Waals surface area contributed by atoms with E-state index in [2.05, 4.69) is 168 Å². The fourth-order valence-corrected chi connectivity index (χ4v) is 8.59. The molecule has 1 nitrogen and oxygen atoms in total. The lowest BCUT2D eigenvalue weighted by molar-refractivity contribution is 1.21. The van der Waals surface area contributed by atoms with Gasteiger partial charge in [0, 0.05) is 21.5 Å². The highest BCUT2D eigenvalue weighted by atomic mass is 15.0. The fraction of sp³-hybridized carbons (Fsp3) is 0. The van der Waals surface area contributed by atoms with Crippen LogP contribution in [0.4, 0.5) is 0 Å². The van der Waals surface area contributed by atoms with Crippen molar-refractivity contribution in [2.45, 2.75) is 0 Å². The molecule has 0 unspecified atom stereocenters. The summed E-state index contributed by atoms with van der Waals surface area (Å²) in [5.74, 6) is 0. The molecule has 0 saturated carbocycles. The van der Waals surface area contributed by atoms with Gasteiger partial charge in [-0.25, -0.2) is 0 Å². The van der Waals surface area contributed by atoms with Crippen molar-refractivity contribution in [3.05, 3.63) is 164 Å². The molecule has 0 aliphatic heterocycles. The van der Waals surface area contributed by atoms with Gasteiger partial charge in [0.15, 0.2) is 0 Å². The molecule has 1 heterocycles. The molecule has 0 saturated heterocycles. The van der Waals surface area contributed by atoms with Gasteiger partial charge in [-0.05, 0) is 83.9 Å². The van der Waals surface area contributed by atoms with Crippen LogP contribution >= 0.6 is 0 Å². The van der Waals surface area contributed by atoms with Crippen LogP contribution in [0.2, 0.25) is 0 Å². The Hall–Kier alpha value is -6.18. The number of hydrogen-bond acceptors (Lipinski definition) is 0. The van der Waals surface area contributed by atoms with Crippen LogP contribution in [0.25, 0.3) is 104 Å². The summed E-state index contributed by atoms with van der Waals surface area (Å²) in [6.45, 7) is 0. The topological polar surface area (TPSA) is 4.93 Å². The molecule has 11 rings (SSSR count). The van der Waals surface area contributed by atoms with Gasteiger partial charge >= 0.3 is 0 Å². The van der Waals surface area contributed by atoms with E-state index >= 15 is 0 Å². The molecule has 1 aromatic heterocycles. The fourth-order valence-electron chi connectivity index (χ4n) is 8.59. The van der Waals surface area contributed by atoms with E-state index in [0.717, 1.165) is 0 Å². The minimum absolute atomic E-state index is 1.24. The van der Waals surface area contributed by atoms with Gasteiger partial charge in [0.25, 0.3) is 0 Å². The number of nitrogens with zero attached hydrogens (tertiary/aromatic N) is 1. The summed E-state index contributed by atoms with van der Waals surface area (Å²) < 4.78 is 2.56. The maximum Gasteiger partial charge on any atom is 0.0619 e. The Bertz CT molecular complexity index is 2800. The highest BCUT2D eigenvalue weighted by Crippen LogP contribution is 2.51. The molecule has 1 aliphatic carbocycles. The number of fused-ring (bicyclic) bond motifs is 5. The Labute approximate surface area is 271 Å². The summed E-state index contributed by atoms with van der Waals surface area (Å²) in [4.78, 5) is 0. The first-order valence-corrected chi connectivity index (χ1v) is 16.4. The molecule has 0 bridgehead atoms. The van der Waals surface area contributed by atoms with Crippen LogP contribution in [-0.4, -0.2) is 4.57 Å². The maximum absolute atomic E-state index is 2.56. The summed E-state index contributed by atoms with van der Waals surface area (Å²) in [5.41, 5.74) is 11.5. The lowest BCUT2D eigenvalue weighted by Crippen LogP contribution is -1.99. The number of rotatable bonds is 2. The van der Waals surface area contributed by atoms with E-state index in [1.165, 1.54) is 104 Å². The first-order chi connectivity index (χ1) is 23.3. The Morgan fingerprint density at radius 1 is 0.319 bits per heavy atom. The first-order valence-electron chi connectivity index (χ1n) is 16.4. The van der Waals surface area contributed by atoms with E-state index in [-0.39, 0.29) is 0 Å². The second kappa shape index (κ2) is 9.19. The lowest BCUT2D eigenvalue weighted by atomic mass is 9.89. The van der Waals surface area contributed by atoms with Crippen LogP contribution in [0.1, 0.15) is 0 Å². The summed E-state index contributed by atoms with van der Waals surface area (Å²) in [7, 11) is 0. The average Bonchev–Trinajstić information content (AvgIpc) is 3.41. The zero-order valence-electron chi connectivity index (χ0n) is 25.5. The highest BCUT2D eigenvalue weighted by molar-refractivity contribution is 6.28. The Morgan fingerprint density at radius 2 is 0.787 bits per heavy atom. The van der Waals surface area contributed by atoms with Crippen molar-refractivity contribution in [3.63, 3.8) is 0 Å². The van der Waals surface area contributed by atoms with Crippen molar-refractivity contribution in [2.24, 2.45) is 0 Å². The van der Waals surface area contributed by atoms with Crippen molar-refractivity contribution >= 4 is 64.9 Å². The van der Waals surface area contributed by atoms with Crippen LogP contribution in [-0.2, 0) is 0 Å². The van der Waals surface area contributed by atoms with E-state index in [4.69, 9.17) is 0 Å². The minimum atomic E-state index is 1.24. The summed E-state index contributed by atoms with van der Waals surface area (Å²) >= 11 is 0. The zero-order chi connectivity index (χ0) is 30.6. The normalized spacial score (nSPS) is 12.3. The van der Waals surface area contributed by atoms with Crippen molar-refractivity contribution in [1.29, 1.82) is 0 Å². The predicted molar refractivity (Wildman–Crippen MR) is 201 cm³/mol. The van der Waals surface area contributed by atoms with Crippen molar-refractivity contribution in [1.82, 2.24) is 4.57 Å². The number of aromatic nitrogens is 1. The minimum Gasteiger partial charge on any atom is -0.308 e. The van der Waals surface area contributed by atoms with Gasteiger partial charge in [0.05, 0.1) is 16.7 Å². The zero-order valence-corrected chi connectivity index (χ0v) is 25.5. The second-order valence-electron chi connectivity index (χ2n) is 12.8. The van der Waals surface area contributed by atoms with Gasteiger partial charge < -0.3 is 4.57 Å². The summed E-state index contributed by atoms with van der Waals surface area (Å²) in [5, 5.41) is 12.8. The Balaban J connectivity index is 1.33. The average molecular weight is 594 g/mol. The molecule has 0 atom stereocenters. The molecule has 1 aliphatic rings. The van der Waals surface area contributed by atoms with E-state index < -0.39 is 0 Å². The molecule has 0 N–H and O–H groups in total. The van der Waals surface area contributed by atoms with Crippen LogP contribution in [0, 0.1) is 0 Å². The largest absolute Gasteiger partial charge is 0.308 e. The van der Waals surface area contributed by atoms with Crippen LogP contribution in [0.5, 0.6) is 0 Å². The molecule has 0 amide bonds. The van der Waals surface area contributed by atoms with Crippen molar-refractivity contribution < 1.29 is 0 Å². The lowest BCUT2D eigenvalue weighted by Gasteiger charge is -2.20. The first kappa shape index (κ1) is 25.1. The molecular formula is C46H27N. The molecule has 0 spiro atoms. The third-order valence-corrected chi connectivity index (χ3v) is 10.5. The predicted octanol–water partition coefficient (Wildman–Crippen LogP) is 12.7. The smallest absolute Gasteiger partial charge is 0.0619 e. The summed E-state index contributed by atoms with van der Waals surface area (Å²) in [6, 6.07) is 60.8. The molecule has 47 heavy (non-hydrogen) atoms. The second-order valence-corrected chi connectivity index (χ2v) is 12.8. The monoisotopic (exact) mass is 593 g/mol. The third kappa shape index (κ3) is 3.28. The van der Waals surface area contributed by atoms with E-state index in [1.54, 1.807) is 0 Å². The van der Waals surface area contributed by atoms with Gasteiger partial charge in [-0.1, -0.05) is 146 Å². The molecule has 1 heteroatoms. The highest BCUT2D eigenvalue weighted by Gasteiger charge is 2.26. The van der Waals surface area contributed by atoms with E-state index in [9.17, 15) is 0 Å². The third-order valence-electron chi connectivity index (χ3n) is 10.5.